The second kappa shape index (κ2) is 11.8. The van der Waals surface area contributed by atoms with E-state index < -0.39 is 5.79 Å². The zero-order chi connectivity index (χ0) is 27.5. The van der Waals surface area contributed by atoms with Crippen LogP contribution in [-0.4, -0.2) is 60.2 Å². The molecular weight excluding hydrogens is 506 g/mol. The molecule has 6 atom stereocenters. The van der Waals surface area contributed by atoms with Crippen molar-refractivity contribution in [1.29, 1.82) is 0 Å². The molecule has 0 spiro atoms. The molecule has 3 aliphatic rings. The van der Waals surface area contributed by atoms with Crippen molar-refractivity contribution >= 4 is 5.91 Å². The van der Waals surface area contributed by atoms with E-state index in [9.17, 15) is 4.79 Å². The lowest BCUT2D eigenvalue weighted by molar-refractivity contribution is -0.185. The van der Waals surface area contributed by atoms with Gasteiger partial charge in [0.1, 0.15) is 12.2 Å². The molecule has 3 saturated heterocycles. The largest absolute Gasteiger partial charge is 0.375 e. The van der Waals surface area contributed by atoms with Gasteiger partial charge >= 0.3 is 0 Å². The van der Waals surface area contributed by atoms with Gasteiger partial charge in [0.2, 0.25) is 5.91 Å². The van der Waals surface area contributed by atoms with Crippen molar-refractivity contribution in [3.05, 3.63) is 108 Å². The molecule has 0 aliphatic carbocycles. The lowest BCUT2D eigenvalue weighted by Crippen LogP contribution is -2.67. The van der Waals surface area contributed by atoms with Crippen LogP contribution in [0.15, 0.2) is 91.0 Å². The predicted octanol–water partition coefficient (Wildman–Crippen LogP) is 4.73. The van der Waals surface area contributed by atoms with E-state index in [1.165, 1.54) is 0 Å². The number of ether oxygens (including phenoxy) is 5. The first kappa shape index (κ1) is 27.1. The van der Waals surface area contributed by atoms with Crippen LogP contribution in [0.1, 0.15) is 30.5 Å². The van der Waals surface area contributed by atoms with E-state index in [0.717, 1.165) is 16.7 Å². The Kier molecular flexibility index (Phi) is 8.01. The Morgan fingerprint density at radius 2 is 1.30 bits per heavy atom. The van der Waals surface area contributed by atoms with Crippen LogP contribution in [0, 0.1) is 5.92 Å². The number of rotatable bonds is 11. The van der Waals surface area contributed by atoms with Gasteiger partial charge in [-0.15, -0.1) is 0 Å². The monoisotopic (exact) mass is 543 g/mol. The minimum atomic E-state index is -0.716. The molecular formula is C33H37NO6. The van der Waals surface area contributed by atoms with Crippen LogP contribution in [0.4, 0.5) is 0 Å². The molecule has 3 aliphatic heterocycles. The second-order valence-electron chi connectivity index (χ2n) is 11.2. The fraction of sp³-hybridized carbons (Fsp3) is 0.424. The lowest BCUT2D eigenvalue weighted by Gasteiger charge is -2.48. The van der Waals surface area contributed by atoms with Crippen LogP contribution in [0.25, 0.3) is 0 Å². The number of hydrogen-bond donors (Lipinski definition) is 0. The van der Waals surface area contributed by atoms with Crippen LogP contribution >= 0.6 is 0 Å². The van der Waals surface area contributed by atoms with Crippen LogP contribution in [0.5, 0.6) is 0 Å². The topological polar surface area (TPSA) is 66.5 Å². The molecule has 7 heteroatoms. The summed E-state index contributed by atoms with van der Waals surface area (Å²) in [6.07, 6.45) is -1.04. The van der Waals surface area contributed by atoms with Gasteiger partial charge in [-0.2, -0.15) is 0 Å². The minimum Gasteiger partial charge on any atom is -0.375 e. The van der Waals surface area contributed by atoms with Gasteiger partial charge in [-0.3, -0.25) is 4.79 Å². The number of nitrogens with zero attached hydrogens (tertiary/aromatic N) is 1. The summed E-state index contributed by atoms with van der Waals surface area (Å²) in [5.41, 5.74) is 3.23. The highest BCUT2D eigenvalue weighted by molar-refractivity contribution is 5.88. The summed E-state index contributed by atoms with van der Waals surface area (Å²) in [6.45, 7) is 5.80. The predicted molar refractivity (Wildman–Crippen MR) is 149 cm³/mol. The van der Waals surface area contributed by atoms with Gasteiger partial charge in [0.15, 0.2) is 5.79 Å². The van der Waals surface area contributed by atoms with Crippen molar-refractivity contribution < 1.29 is 28.5 Å². The highest BCUT2D eigenvalue weighted by atomic mass is 16.7. The summed E-state index contributed by atoms with van der Waals surface area (Å²) in [6, 6.07) is 29.8. The maximum absolute atomic E-state index is 13.7. The summed E-state index contributed by atoms with van der Waals surface area (Å²) in [7, 11) is 0. The van der Waals surface area contributed by atoms with Crippen molar-refractivity contribution in [3.8, 4) is 0 Å². The van der Waals surface area contributed by atoms with Crippen molar-refractivity contribution in [1.82, 2.24) is 4.90 Å². The number of benzene rings is 3. The normalized spacial score (nSPS) is 28.9. The fourth-order valence-corrected chi connectivity index (χ4v) is 6.13. The maximum atomic E-state index is 13.7. The first-order chi connectivity index (χ1) is 19.5. The SMILES string of the molecule is CC1(C)OC[C@@H]([C@H]2C(=O)N3[C@H]2[C@H](OCc2ccccc2)[C@@H](OCc2ccccc2)[C@@H]3COCc2ccccc2)O1. The van der Waals surface area contributed by atoms with Gasteiger partial charge in [-0.05, 0) is 30.5 Å². The van der Waals surface area contributed by atoms with E-state index >= 15 is 0 Å². The van der Waals surface area contributed by atoms with E-state index in [1.807, 2.05) is 110 Å². The first-order valence-electron chi connectivity index (χ1n) is 14.1. The minimum absolute atomic E-state index is 0.0451. The molecule has 0 aromatic heterocycles. The van der Waals surface area contributed by atoms with Gasteiger partial charge in [0.25, 0.3) is 0 Å². The van der Waals surface area contributed by atoms with Gasteiger partial charge < -0.3 is 28.6 Å². The van der Waals surface area contributed by atoms with E-state index in [1.54, 1.807) is 0 Å². The van der Waals surface area contributed by atoms with E-state index in [0.29, 0.717) is 33.0 Å². The Hall–Kier alpha value is -3.07. The highest BCUT2D eigenvalue weighted by Gasteiger charge is 2.67. The Morgan fingerprint density at radius 3 is 1.82 bits per heavy atom. The smallest absolute Gasteiger partial charge is 0.231 e. The van der Waals surface area contributed by atoms with Gasteiger partial charge in [0, 0.05) is 0 Å². The molecule has 0 saturated carbocycles. The zero-order valence-corrected chi connectivity index (χ0v) is 23.1. The van der Waals surface area contributed by atoms with Crippen LogP contribution in [0.3, 0.4) is 0 Å². The molecule has 3 heterocycles. The molecule has 0 bridgehead atoms. The van der Waals surface area contributed by atoms with Gasteiger partial charge in [0.05, 0.1) is 57.1 Å². The number of fused-ring (bicyclic) bond motifs is 1. The molecule has 3 aromatic carbocycles. The maximum Gasteiger partial charge on any atom is 0.231 e. The van der Waals surface area contributed by atoms with Crippen LogP contribution in [0.2, 0.25) is 0 Å². The van der Waals surface area contributed by atoms with E-state index in [4.69, 9.17) is 23.7 Å². The average molecular weight is 544 g/mol. The zero-order valence-electron chi connectivity index (χ0n) is 23.1. The second-order valence-corrected chi connectivity index (χ2v) is 11.2. The number of β-lactam (4-membered cyclic amide) rings is 1. The summed E-state index contributed by atoms with van der Waals surface area (Å²) in [5.74, 6) is -1.03. The molecule has 7 nitrogen and oxygen atoms in total. The highest BCUT2D eigenvalue weighted by Crippen LogP contribution is 2.47. The Balaban J connectivity index is 1.26. The van der Waals surface area contributed by atoms with E-state index in [-0.39, 0.29) is 42.2 Å². The van der Waals surface area contributed by atoms with Crippen molar-refractivity contribution in [2.45, 2.75) is 69.9 Å². The molecule has 40 heavy (non-hydrogen) atoms. The lowest BCUT2D eigenvalue weighted by atomic mass is 9.82. The molecule has 210 valence electrons. The fourth-order valence-electron chi connectivity index (χ4n) is 6.13. The number of amides is 1. The first-order valence-corrected chi connectivity index (χ1v) is 14.1. The van der Waals surface area contributed by atoms with E-state index in [2.05, 4.69) is 0 Å². The number of carbonyl (C=O) groups excluding carboxylic acids is 1. The third kappa shape index (κ3) is 5.71. The van der Waals surface area contributed by atoms with Crippen molar-refractivity contribution in [3.63, 3.8) is 0 Å². The molecule has 0 N–H and O–H groups in total. The number of carbonyl (C=O) groups is 1. The Labute approximate surface area is 235 Å². The third-order valence-corrected chi connectivity index (χ3v) is 8.03. The molecule has 1 amide bonds. The quantitative estimate of drug-likeness (QED) is 0.326. The average Bonchev–Trinajstić information content (AvgIpc) is 3.46. The molecule has 0 radical (unpaired) electrons. The van der Waals surface area contributed by atoms with Gasteiger partial charge in [-0.25, -0.2) is 0 Å². The van der Waals surface area contributed by atoms with Gasteiger partial charge in [-0.1, -0.05) is 91.0 Å². The number of hydrogen-bond acceptors (Lipinski definition) is 6. The summed E-state index contributed by atoms with van der Waals surface area (Å²) in [4.78, 5) is 15.7. The Bertz CT molecular complexity index is 1250. The van der Waals surface area contributed by atoms with Crippen molar-refractivity contribution in [2.75, 3.05) is 13.2 Å². The van der Waals surface area contributed by atoms with Crippen molar-refractivity contribution in [2.24, 2.45) is 5.92 Å². The summed E-state index contributed by atoms with van der Waals surface area (Å²) >= 11 is 0. The van der Waals surface area contributed by atoms with Crippen LogP contribution < -0.4 is 0 Å². The standard InChI is InChI=1S/C33H37NO6/c1-33(2)39-22-27(40-33)28-29-31(38-20-25-16-10-5-11-17-25)30(37-19-24-14-8-4-9-15-24)26(34(29)32(28)35)21-36-18-23-12-6-3-7-13-23/h3-17,26-31H,18-22H2,1-2H3/t26-,27-,28+,29+,30-,31-/m0/s1. The summed E-state index contributed by atoms with van der Waals surface area (Å²) in [5, 5.41) is 0. The Morgan fingerprint density at radius 1 is 0.775 bits per heavy atom. The molecule has 0 unspecified atom stereocenters. The summed E-state index contributed by atoms with van der Waals surface area (Å²) < 4.78 is 31.5. The molecule has 3 aromatic rings. The molecule has 3 fully saturated rings. The molecule has 6 rings (SSSR count). The van der Waals surface area contributed by atoms with Crippen LogP contribution in [-0.2, 0) is 48.3 Å². The third-order valence-electron chi connectivity index (χ3n) is 8.03.